The van der Waals surface area contributed by atoms with E-state index in [-0.39, 0.29) is 0 Å². The lowest BCUT2D eigenvalue weighted by Gasteiger charge is -2.34. The Morgan fingerprint density at radius 3 is 2.77 bits per heavy atom. The van der Waals surface area contributed by atoms with Gasteiger partial charge in [-0.3, -0.25) is 0 Å². The number of rotatable bonds is 5. The zero-order valence-corrected chi connectivity index (χ0v) is 14.1. The molecule has 1 heterocycles. The highest BCUT2D eigenvalue weighted by molar-refractivity contribution is 9.10. The summed E-state index contributed by atoms with van der Waals surface area (Å²) in [6.45, 7) is 2.47. The molecule has 1 saturated carbocycles. The van der Waals surface area contributed by atoms with Crippen LogP contribution in [-0.2, 0) is 5.54 Å². The van der Waals surface area contributed by atoms with Crippen molar-refractivity contribution in [3.63, 3.8) is 0 Å². The van der Waals surface area contributed by atoms with Crippen molar-refractivity contribution in [1.82, 2.24) is 10.1 Å². The van der Waals surface area contributed by atoms with Gasteiger partial charge in [-0.05, 0) is 54.2 Å². The summed E-state index contributed by atoms with van der Waals surface area (Å²) in [7, 11) is 1.59. The minimum absolute atomic E-state index is 0.425. The van der Waals surface area contributed by atoms with Crippen molar-refractivity contribution in [3.8, 4) is 23.0 Å². The van der Waals surface area contributed by atoms with Gasteiger partial charge in [-0.1, -0.05) is 5.16 Å². The molecule has 1 aromatic carbocycles. The van der Waals surface area contributed by atoms with E-state index < -0.39 is 5.54 Å². The van der Waals surface area contributed by atoms with Gasteiger partial charge in [0.25, 0.3) is 5.89 Å². The summed E-state index contributed by atoms with van der Waals surface area (Å²) >= 11 is 3.49. The molecule has 2 N–H and O–H groups in total. The number of aromatic nitrogens is 2. The molecule has 1 aliphatic carbocycles. The molecule has 6 nitrogen and oxygen atoms in total. The topological polar surface area (TPSA) is 83.4 Å². The molecule has 0 spiro atoms. The first-order valence-electron chi connectivity index (χ1n) is 7.21. The number of nitrogens with two attached hydrogens (primary N) is 1. The van der Waals surface area contributed by atoms with Gasteiger partial charge >= 0.3 is 0 Å². The lowest BCUT2D eigenvalue weighted by atomic mass is 9.77. The molecule has 0 saturated heterocycles. The fourth-order valence-electron chi connectivity index (χ4n) is 2.45. The molecule has 2 aromatic rings. The zero-order chi connectivity index (χ0) is 15.7. The molecule has 0 bridgehead atoms. The van der Waals surface area contributed by atoms with Crippen molar-refractivity contribution < 1.29 is 14.0 Å². The molecule has 1 aromatic heterocycles. The van der Waals surface area contributed by atoms with E-state index in [4.69, 9.17) is 19.7 Å². The molecule has 1 fully saturated rings. The highest BCUT2D eigenvalue weighted by Crippen LogP contribution is 2.41. The van der Waals surface area contributed by atoms with Crippen molar-refractivity contribution in [2.75, 3.05) is 13.7 Å². The van der Waals surface area contributed by atoms with Crippen molar-refractivity contribution in [2.24, 2.45) is 5.73 Å². The second kappa shape index (κ2) is 5.89. The summed E-state index contributed by atoms with van der Waals surface area (Å²) in [5.41, 5.74) is 6.55. The van der Waals surface area contributed by atoms with Crippen LogP contribution in [0.3, 0.4) is 0 Å². The molecular weight excluding hydrogens is 350 g/mol. The summed E-state index contributed by atoms with van der Waals surface area (Å²) in [6, 6.07) is 3.69. The maximum absolute atomic E-state index is 6.23. The molecule has 0 aliphatic heterocycles. The summed E-state index contributed by atoms with van der Waals surface area (Å²) in [5, 5.41) is 4.03. The number of ether oxygens (including phenoxy) is 2. The molecule has 0 atom stereocenters. The Morgan fingerprint density at radius 2 is 2.18 bits per heavy atom. The third kappa shape index (κ3) is 2.59. The Hall–Kier alpha value is -1.60. The van der Waals surface area contributed by atoms with Gasteiger partial charge in [0.15, 0.2) is 17.3 Å². The van der Waals surface area contributed by atoms with Crippen molar-refractivity contribution in [1.29, 1.82) is 0 Å². The lowest BCUT2D eigenvalue weighted by Crippen LogP contribution is -2.44. The Morgan fingerprint density at radius 1 is 1.41 bits per heavy atom. The van der Waals surface area contributed by atoms with Gasteiger partial charge in [-0.15, -0.1) is 0 Å². The number of hydrogen-bond acceptors (Lipinski definition) is 6. The monoisotopic (exact) mass is 367 g/mol. The van der Waals surface area contributed by atoms with Crippen molar-refractivity contribution in [2.45, 2.75) is 31.7 Å². The van der Waals surface area contributed by atoms with Crippen LogP contribution in [0.4, 0.5) is 0 Å². The maximum Gasteiger partial charge on any atom is 0.258 e. The Bertz CT molecular complexity index is 683. The number of methoxy groups -OCH3 is 1. The van der Waals surface area contributed by atoms with Crippen LogP contribution < -0.4 is 15.2 Å². The largest absolute Gasteiger partial charge is 0.493 e. The first-order chi connectivity index (χ1) is 10.6. The molecule has 1 aliphatic rings. The van der Waals surface area contributed by atoms with Crippen LogP contribution in [0.2, 0.25) is 0 Å². The van der Waals surface area contributed by atoms with Gasteiger partial charge in [0.2, 0.25) is 0 Å². The first-order valence-corrected chi connectivity index (χ1v) is 8.00. The van der Waals surface area contributed by atoms with Gasteiger partial charge in [-0.25, -0.2) is 0 Å². The molecule has 7 heteroatoms. The lowest BCUT2D eigenvalue weighted by molar-refractivity contribution is 0.229. The Kier molecular flexibility index (Phi) is 4.10. The van der Waals surface area contributed by atoms with E-state index in [1.54, 1.807) is 7.11 Å². The quantitative estimate of drug-likeness (QED) is 0.872. The molecule has 118 valence electrons. The predicted molar refractivity (Wildman–Crippen MR) is 84.9 cm³/mol. The molecule has 0 radical (unpaired) electrons. The van der Waals surface area contributed by atoms with Crippen LogP contribution in [0.1, 0.15) is 32.0 Å². The molecular formula is C15H18BrN3O3. The van der Waals surface area contributed by atoms with Gasteiger partial charge in [0.1, 0.15) is 0 Å². The molecule has 0 unspecified atom stereocenters. The summed E-state index contributed by atoms with van der Waals surface area (Å²) in [5.74, 6) is 2.26. The van der Waals surface area contributed by atoms with Crippen LogP contribution in [0, 0.1) is 0 Å². The summed E-state index contributed by atoms with van der Waals surface area (Å²) in [4.78, 5) is 4.45. The molecule has 3 rings (SSSR count). The third-order valence-electron chi connectivity index (χ3n) is 3.88. The SMILES string of the molecule is CCOc1c(Br)cc(-c2nc(C3(N)CCC3)no2)cc1OC. The predicted octanol–water partition coefficient (Wildman–Crippen LogP) is 3.24. The normalized spacial score (nSPS) is 16.2. The van der Waals surface area contributed by atoms with Gasteiger partial charge in [-0.2, -0.15) is 4.98 Å². The van der Waals surface area contributed by atoms with Gasteiger partial charge in [0, 0.05) is 5.56 Å². The number of hydrogen-bond donors (Lipinski definition) is 1. The maximum atomic E-state index is 6.23. The minimum Gasteiger partial charge on any atom is -0.493 e. The first kappa shape index (κ1) is 15.3. The van der Waals surface area contributed by atoms with E-state index in [1.165, 1.54) is 0 Å². The smallest absolute Gasteiger partial charge is 0.258 e. The minimum atomic E-state index is -0.436. The van der Waals surface area contributed by atoms with E-state index >= 15 is 0 Å². The second-order valence-corrected chi connectivity index (χ2v) is 6.21. The number of halogens is 1. The van der Waals surface area contributed by atoms with E-state index in [1.807, 2.05) is 19.1 Å². The number of benzene rings is 1. The highest BCUT2D eigenvalue weighted by Gasteiger charge is 2.39. The summed E-state index contributed by atoms with van der Waals surface area (Å²) in [6.07, 6.45) is 2.88. The Labute approximate surface area is 137 Å². The molecule has 0 amide bonds. The third-order valence-corrected chi connectivity index (χ3v) is 4.47. The van der Waals surface area contributed by atoms with Crippen LogP contribution in [-0.4, -0.2) is 23.9 Å². The van der Waals surface area contributed by atoms with Crippen LogP contribution in [0.15, 0.2) is 21.1 Å². The van der Waals surface area contributed by atoms with Gasteiger partial charge in [0.05, 0.1) is 23.7 Å². The fraction of sp³-hybridized carbons (Fsp3) is 0.467. The van der Waals surface area contributed by atoms with Crippen molar-refractivity contribution >= 4 is 15.9 Å². The number of nitrogens with zero attached hydrogens (tertiary/aromatic N) is 2. The van der Waals surface area contributed by atoms with Gasteiger partial charge < -0.3 is 19.7 Å². The van der Waals surface area contributed by atoms with Crippen molar-refractivity contribution in [3.05, 3.63) is 22.4 Å². The Balaban J connectivity index is 1.96. The van der Waals surface area contributed by atoms with Crippen LogP contribution >= 0.6 is 15.9 Å². The van der Waals surface area contributed by atoms with E-state index in [0.717, 1.165) is 29.3 Å². The van der Waals surface area contributed by atoms with Crippen LogP contribution in [0.5, 0.6) is 11.5 Å². The van der Waals surface area contributed by atoms with E-state index in [2.05, 4.69) is 26.1 Å². The van der Waals surface area contributed by atoms with E-state index in [0.29, 0.717) is 29.8 Å². The standard InChI is InChI=1S/C15H18BrN3O3/c1-3-21-12-10(16)7-9(8-11(12)20-2)13-18-14(19-22-13)15(17)5-4-6-15/h7-8H,3-6,17H2,1-2H3. The fourth-order valence-corrected chi connectivity index (χ4v) is 3.01. The summed E-state index contributed by atoms with van der Waals surface area (Å²) < 4.78 is 17.1. The average Bonchev–Trinajstić information content (AvgIpc) is 2.97. The second-order valence-electron chi connectivity index (χ2n) is 5.36. The molecule has 22 heavy (non-hydrogen) atoms. The average molecular weight is 368 g/mol. The van der Waals surface area contributed by atoms with E-state index in [9.17, 15) is 0 Å². The zero-order valence-electron chi connectivity index (χ0n) is 12.6. The highest BCUT2D eigenvalue weighted by atomic mass is 79.9. The van der Waals surface area contributed by atoms with Crippen LogP contribution in [0.25, 0.3) is 11.5 Å².